The summed E-state index contributed by atoms with van der Waals surface area (Å²) in [5.41, 5.74) is 6.48. The van der Waals surface area contributed by atoms with Crippen molar-refractivity contribution in [3.8, 4) is 0 Å². The van der Waals surface area contributed by atoms with E-state index in [1.165, 1.54) is 19.1 Å². The molecule has 0 aliphatic carbocycles. The molecule has 0 heterocycles. The summed E-state index contributed by atoms with van der Waals surface area (Å²) in [6, 6.07) is 5.37. The Morgan fingerprint density at radius 1 is 1.04 bits per heavy atom. The largest absolute Gasteiger partial charge is 0.458 e. The quantitative estimate of drug-likeness (QED) is 0.578. The van der Waals surface area contributed by atoms with E-state index < -0.39 is 24.2 Å². The number of ether oxygens (including phenoxy) is 3. The highest BCUT2D eigenvalue weighted by Gasteiger charge is 2.34. The van der Waals surface area contributed by atoms with Crippen LogP contribution in [0.4, 0.5) is 4.39 Å². The molecule has 0 aliphatic rings. The molecule has 158 valence electrons. The van der Waals surface area contributed by atoms with E-state index in [2.05, 4.69) is 0 Å². The Morgan fingerprint density at radius 2 is 1.64 bits per heavy atom. The highest BCUT2D eigenvalue weighted by molar-refractivity contribution is 5.75. The second kappa shape index (κ2) is 11.8. The minimum absolute atomic E-state index is 0.191. The highest BCUT2D eigenvalue weighted by atomic mass is 19.1. The second-order valence-corrected chi connectivity index (χ2v) is 7.36. The third-order valence-corrected chi connectivity index (χ3v) is 4.43. The van der Waals surface area contributed by atoms with E-state index in [-0.39, 0.29) is 23.6 Å². The van der Waals surface area contributed by atoms with Gasteiger partial charge in [0.15, 0.2) is 0 Å². The van der Waals surface area contributed by atoms with Crippen LogP contribution in [0, 0.1) is 17.7 Å². The van der Waals surface area contributed by atoms with E-state index >= 15 is 0 Å². The third-order valence-electron chi connectivity index (χ3n) is 4.43. The van der Waals surface area contributed by atoms with Crippen LogP contribution in [0.15, 0.2) is 24.3 Å². The number of hydrogen-bond donors (Lipinski definition) is 1. The number of nitrogens with two attached hydrogens (primary N) is 1. The van der Waals surface area contributed by atoms with Crippen molar-refractivity contribution in [2.45, 2.75) is 58.8 Å². The molecule has 0 unspecified atom stereocenters. The number of halogens is 1. The Balaban J connectivity index is 3.09. The lowest BCUT2D eigenvalue weighted by molar-refractivity contribution is -0.174. The predicted molar refractivity (Wildman–Crippen MR) is 104 cm³/mol. The molecule has 0 fully saturated rings. The van der Waals surface area contributed by atoms with Gasteiger partial charge in [0.1, 0.15) is 24.1 Å². The molecule has 0 aliphatic heterocycles. The van der Waals surface area contributed by atoms with Gasteiger partial charge >= 0.3 is 11.9 Å². The predicted octanol–water partition coefficient (Wildman–Crippen LogP) is 2.87. The molecule has 6 nitrogen and oxygen atoms in total. The molecular weight excluding hydrogens is 365 g/mol. The van der Waals surface area contributed by atoms with Gasteiger partial charge in [-0.05, 0) is 44.4 Å². The van der Waals surface area contributed by atoms with Crippen LogP contribution in [0.1, 0.15) is 39.7 Å². The fraction of sp³-hybridized carbons (Fsp3) is 0.619. The van der Waals surface area contributed by atoms with Crippen LogP contribution in [-0.2, 0) is 30.2 Å². The minimum atomic E-state index is -0.779. The van der Waals surface area contributed by atoms with E-state index in [1.54, 1.807) is 40.0 Å². The number of benzene rings is 1. The Kier molecular flexibility index (Phi) is 10.1. The van der Waals surface area contributed by atoms with Crippen molar-refractivity contribution in [1.82, 2.24) is 0 Å². The maximum Gasteiger partial charge on any atom is 0.323 e. The summed E-state index contributed by atoms with van der Waals surface area (Å²) >= 11 is 0. The summed E-state index contributed by atoms with van der Waals surface area (Å²) in [7, 11) is 1.59. The molecule has 0 saturated heterocycles. The molecule has 28 heavy (non-hydrogen) atoms. The number of rotatable bonds is 11. The lowest BCUT2D eigenvalue weighted by atomic mass is 9.88. The first-order valence-corrected chi connectivity index (χ1v) is 9.55. The van der Waals surface area contributed by atoms with Crippen molar-refractivity contribution in [3.63, 3.8) is 0 Å². The Labute approximate surface area is 166 Å². The Hall–Kier alpha value is -1.99. The van der Waals surface area contributed by atoms with Gasteiger partial charge in [-0.3, -0.25) is 9.59 Å². The molecule has 0 bridgehead atoms. The number of carbonyl (C=O) groups is 2. The van der Waals surface area contributed by atoms with Crippen molar-refractivity contribution in [2.75, 3.05) is 13.7 Å². The summed E-state index contributed by atoms with van der Waals surface area (Å²) in [5.74, 6) is -1.78. The van der Waals surface area contributed by atoms with Gasteiger partial charge in [0, 0.05) is 19.6 Å². The van der Waals surface area contributed by atoms with Gasteiger partial charge in [-0.2, -0.15) is 0 Å². The molecule has 4 atom stereocenters. The van der Waals surface area contributed by atoms with Crippen LogP contribution in [-0.4, -0.2) is 43.9 Å². The zero-order chi connectivity index (χ0) is 21.3. The van der Waals surface area contributed by atoms with Crippen LogP contribution in [0.3, 0.4) is 0 Å². The molecule has 1 rings (SSSR count). The topological polar surface area (TPSA) is 87.9 Å². The fourth-order valence-corrected chi connectivity index (χ4v) is 2.78. The van der Waals surface area contributed by atoms with E-state index in [0.29, 0.717) is 19.4 Å². The summed E-state index contributed by atoms with van der Waals surface area (Å²) < 4.78 is 29.6. The summed E-state index contributed by atoms with van der Waals surface area (Å²) in [6.45, 7) is 7.13. The average molecular weight is 397 g/mol. The lowest BCUT2D eigenvalue weighted by Crippen LogP contribution is -2.43. The van der Waals surface area contributed by atoms with Crippen LogP contribution in [0.25, 0.3) is 0 Å². The van der Waals surface area contributed by atoms with Gasteiger partial charge in [0.2, 0.25) is 0 Å². The van der Waals surface area contributed by atoms with Crippen molar-refractivity contribution in [2.24, 2.45) is 17.6 Å². The molecule has 0 spiro atoms. The second-order valence-electron chi connectivity index (χ2n) is 7.36. The zero-order valence-electron chi connectivity index (χ0n) is 17.3. The summed E-state index contributed by atoms with van der Waals surface area (Å²) in [4.78, 5) is 24.2. The maximum absolute atomic E-state index is 13.2. The van der Waals surface area contributed by atoms with Crippen LogP contribution >= 0.6 is 0 Å². The SMILES string of the molecule is COCC[C@H](Cc1ccc(F)cc1)[C@@H](OC(=O)C(C)C)[C@H](C)OC(=O)[C@H](C)N. The van der Waals surface area contributed by atoms with Gasteiger partial charge in [0.05, 0.1) is 5.92 Å². The van der Waals surface area contributed by atoms with E-state index in [1.807, 2.05) is 0 Å². The van der Waals surface area contributed by atoms with E-state index in [4.69, 9.17) is 19.9 Å². The monoisotopic (exact) mass is 397 g/mol. The molecule has 2 N–H and O–H groups in total. The smallest absolute Gasteiger partial charge is 0.323 e. The number of hydrogen-bond acceptors (Lipinski definition) is 6. The van der Waals surface area contributed by atoms with E-state index in [9.17, 15) is 14.0 Å². The molecule has 0 aromatic heterocycles. The van der Waals surface area contributed by atoms with Gasteiger partial charge in [0.25, 0.3) is 0 Å². The Bertz CT molecular complexity index is 618. The van der Waals surface area contributed by atoms with Gasteiger partial charge in [-0.1, -0.05) is 26.0 Å². The van der Waals surface area contributed by atoms with Crippen molar-refractivity contribution in [1.29, 1.82) is 0 Å². The van der Waals surface area contributed by atoms with Gasteiger partial charge in [-0.15, -0.1) is 0 Å². The first-order valence-electron chi connectivity index (χ1n) is 9.55. The normalized spacial score (nSPS) is 15.6. The molecular formula is C21H32FNO5. The molecule has 0 amide bonds. The molecule has 0 saturated carbocycles. The van der Waals surface area contributed by atoms with Gasteiger partial charge in [-0.25, -0.2) is 4.39 Å². The molecule has 1 aromatic carbocycles. The standard InChI is InChI=1S/C21H32FNO5/c1-13(2)20(24)28-19(15(4)27-21(25)14(3)23)17(10-11-26-5)12-16-6-8-18(22)9-7-16/h6-9,13-15,17,19H,10-12,23H2,1-5H3/t14-,15-,17+,19-/m0/s1. The van der Waals surface area contributed by atoms with Crippen LogP contribution < -0.4 is 5.73 Å². The lowest BCUT2D eigenvalue weighted by Gasteiger charge is -2.32. The van der Waals surface area contributed by atoms with Crippen molar-refractivity contribution >= 4 is 11.9 Å². The highest BCUT2D eigenvalue weighted by Crippen LogP contribution is 2.25. The summed E-state index contributed by atoms with van der Waals surface area (Å²) in [5, 5.41) is 0. The molecule has 0 radical (unpaired) electrons. The van der Waals surface area contributed by atoms with Crippen LogP contribution in [0.2, 0.25) is 0 Å². The number of carbonyl (C=O) groups excluding carboxylic acids is 2. The zero-order valence-corrected chi connectivity index (χ0v) is 17.3. The van der Waals surface area contributed by atoms with Crippen molar-refractivity contribution in [3.05, 3.63) is 35.6 Å². The maximum atomic E-state index is 13.2. The third kappa shape index (κ3) is 7.94. The summed E-state index contributed by atoms with van der Waals surface area (Å²) in [6.07, 6.45) is -0.287. The number of esters is 2. The Morgan fingerprint density at radius 3 is 2.14 bits per heavy atom. The van der Waals surface area contributed by atoms with Gasteiger partial charge < -0.3 is 19.9 Å². The first-order chi connectivity index (χ1) is 13.1. The molecule has 7 heteroatoms. The van der Waals surface area contributed by atoms with Crippen molar-refractivity contribution < 1.29 is 28.2 Å². The first kappa shape index (κ1) is 24.0. The molecule has 1 aromatic rings. The minimum Gasteiger partial charge on any atom is -0.458 e. The van der Waals surface area contributed by atoms with E-state index in [0.717, 1.165) is 5.56 Å². The fourth-order valence-electron chi connectivity index (χ4n) is 2.78. The average Bonchev–Trinajstić information content (AvgIpc) is 2.64. The van der Waals surface area contributed by atoms with Crippen LogP contribution in [0.5, 0.6) is 0 Å². The number of methoxy groups -OCH3 is 1.